The second kappa shape index (κ2) is 2.27. The summed E-state index contributed by atoms with van der Waals surface area (Å²) in [5, 5.41) is 3.41. The summed E-state index contributed by atoms with van der Waals surface area (Å²) < 4.78 is 0. The van der Waals surface area contributed by atoms with Crippen LogP contribution in [0.3, 0.4) is 0 Å². The lowest BCUT2D eigenvalue weighted by Gasteiger charge is -2.39. The summed E-state index contributed by atoms with van der Waals surface area (Å²) in [4.78, 5) is 2.58. The molecule has 2 heteroatoms. The SMILES string of the molecule is C1C[C@@H]2CCN2CCN1. The Morgan fingerprint density at radius 3 is 2.89 bits per heavy atom. The highest BCUT2D eigenvalue weighted by molar-refractivity contribution is 4.85. The van der Waals surface area contributed by atoms with E-state index in [-0.39, 0.29) is 0 Å². The standard InChI is InChI=1S/C7H14N2/c1-3-8-4-6-9-5-2-7(1)9/h7-8H,1-6H2/t7-/m1/s1. The molecule has 1 N–H and O–H groups in total. The van der Waals surface area contributed by atoms with Crippen molar-refractivity contribution in [1.29, 1.82) is 0 Å². The van der Waals surface area contributed by atoms with Crippen LogP contribution in [0.25, 0.3) is 0 Å². The number of nitrogens with one attached hydrogen (secondary N) is 1. The molecule has 2 heterocycles. The summed E-state index contributed by atoms with van der Waals surface area (Å²) in [5.41, 5.74) is 0. The van der Waals surface area contributed by atoms with Crippen molar-refractivity contribution in [2.24, 2.45) is 0 Å². The summed E-state index contributed by atoms with van der Waals surface area (Å²) in [7, 11) is 0. The summed E-state index contributed by atoms with van der Waals surface area (Å²) >= 11 is 0. The van der Waals surface area contributed by atoms with Gasteiger partial charge in [0.25, 0.3) is 0 Å². The fourth-order valence-corrected chi connectivity index (χ4v) is 1.73. The van der Waals surface area contributed by atoms with Crippen molar-refractivity contribution in [2.45, 2.75) is 18.9 Å². The monoisotopic (exact) mass is 126 g/mol. The van der Waals surface area contributed by atoms with Gasteiger partial charge in [-0.25, -0.2) is 0 Å². The van der Waals surface area contributed by atoms with Crippen molar-refractivity contribution in [3.05, 3.63) is 0 Å². The molecule has 52 valence electrons. The van der Waals surface area contributed by atoms with Gasteiger partial charge in [-0.05, 0) is 25.9 Å². The van der Waals surface area contributed by atoms with Crippen molar-refractivity contribution in [2.75, 3.05) is 26.2 Å². The van der Waals surface area contributed by atoms with E-state index in [0.717, 1.165) is 6.04 Å². The highest BCUT2D eigenvalue weighted by atomic mass is 15.2. The molecule has 0 aromatic carbocycles. The van der Waals surface area contributed by atoms with Gasteiger partial charge in [0.05, 0.1) is 0 Å². The fraction of sp³-hybridized carbons (Fsp3) is 1.00. The Hall–Kier alpha value is -0.0800. The molecule has 2 saturated heterocycles. The van der Waals surface area contributed by atoms with Gasteiger partial charge in [0, 0.05) is 19.1 Å². The minimum atomic E-state index is 0.944. The van der Waals surface area contributed by atoms with E-state index in [1.54, 1.807) is 0 Å². The molecule has 2 nitrogen and oxygen atoms in total. The third-order valence-electron chi connectivity index (χ3n) is 2.50. The van der Waals surface area contributed by atoms with E-state index in [1.807, 2.05) is 0 Å². The van der Waals surface area contributed by atoms with Gasteiger partial charge in [0.15, 0.2) is 0 Å². The van der Waals surface area contributed by atoms with Crippen LogP contribution < -0.4 is 5.32 Å². The highest BCUT2D eigenvalue weighted by Gasteiger charge is 2.27. The summed E-state index contributed by atoms with van der Waals surface area (Å²) in [6.45, 7) is 5.08. The number of hydrogen-bond donors (Lipinski definition) is 1. The average molecular weight is 126 g/mol. The van der Waals surface area contributed by atoms with Crippen LogP contribution >= 0.6 is 0 Å². The Morgan fingerprint density at radius 2 is 2.11 bits per heavy atom. The van der Waals surface area contributed by atoms with Crippen LogP contribution in [0.15, 0.2) is 0 Å². The first kappa shape index (κ1) is 5.69. The van der Waals surface area contributed by atoms with E-state index in [9.17, 15) is 0 Å². The van der Waals surface area contributed by atoms with Crippen LogP contribution in [0, 0.1) is 0 Å². The van der Waals surface area contributed by atoms with Crippen LogP contribution in [-0.4, -0.2) is 37.1 Å². The molecule has 0 bridgehead atoms. The Bertz CT molecular complexity index is 91.1. The molecule has 9 heavy (non-hydrogen) atoms. The molecule has 2 aliphatic heterocycles. The molecule has 0 aliphatic carbocycles. The predicted octanol–water partition coefficient (Wildman–Crippen LogP) is 0.0540. The number of fused-ring (bicyclic) bond motifs is 1. The average Bonchev–Trinajstić information content (AvgIpc) is 1.94. The van der Waals surface area contributed by atoms with Crippen LogP contribution in [0.2, 0.25) is 0 Å². The van der Waals surface area contributed by atoms with E-state index >= 15 is 0 Å². The smallest absolute Gasteiger partial charge is 0.0120 e. The van der Waals surface area contributed by atoms with Crippen LogP contribution in [-0.2, 0) is 0 Å². The molecule has 0 aromatic rings. The number of rotatable bonds is 0. The zero-order valence-electron chi connectivity index (χ0n) is 5.77. The van der Waals surface area contributed by atoms with Gasteiger partial charge in [0.1, 0.15) is 0 Å². The van der Waals surface area contributed by atoms with Gasteiger partial charge in [0.2, 0.25) is 0 Å². The first-order chi connectivity index (χ1) is 4.47. The van der Waals surface area contributed by atoms with Crippen molar-refractivity contribution in [3.8, 4) is 0 Å². The minimum absolute atomic E-state index is 0.944. The second-order valence-corrected chi connectivity index (χ2v) is 3.02. The fourth-order valence-electron chi connectivity index (χ4n) is 1.73. The first-order valence-corrected chi connectivity index (χ1v) is 3.91. The molecule has 2 fully saturated rings. The third kappa shape index (κ3) is 0.970. The Morgan fingerprint density at radius 1 is 1.11 bits per heavy atom. The van der Waals surface area contributed by atoms with Gasteiger partial charge in [-0.2, -0.15) is 0 Å². The molecule has 0 spiro atoms. The van der Waals surface area contributed by atoms with Gasteiger partial charge in [-0.3, -0.25) is 4.90 Å². The molecule has 0 radical (unpaired) electrons. The van der Waals surface area contributed by atoms with Crippen molar-refractivity contribution >= 4 is 0 Å². The lowest BCUT2D eigenvalue weighted by atomic mass is 10.0. The summed E-state index contributed by atoms with van der Waals surface area (Å²) in [6, 6.07) is 0.944. The predicted molar refractivity (Wildman–Crippen MR) is 37.5 cm³/mol. The number of hydrogen-bond acceptors (Lipinski definition) is 2. The maximum Gasteiger partial charge on any atom is 0.0120 e. The van der Waals surface area contributed by atoms with Gasteiger partial charge in [-0.1, -0.05) is 0 Å². The lowest BCUT2D eigenvalue weighted by molar-refractivity contribution is 0.0997. The molecule has 2 aliphatic rings. The normalized spacial score (nSPS) is 36.7. The van der Waals surface area contributed by atoms with Gasteiger partial charge >= 0.3 is 0 Å². The molecule has 0 saturated carbocycles. The molecule has 0 aromatic heterocycles. The second-order valence-electron chi connectivity index (χ2n) is 3.02. The molecule has 0 unspecified atom stereocenters. The van der Waals surface area contributed by atoms with Crippen LogP contribution in [0.4, 0.5) is 0 Å². The number of nitrogens with zero attached hydrogens (tertiary/aromatic N) is 1. The molecule has 1 atom stereocenters. The Labute approximate surface area is 56.2 Å². The van der Waals surface area contributed by atoms with E-state index in [0.29, 0.717) is 0 Å². The van der Waals surface area contributed by atoms with Crippen molar-refractivity contribution in [3.63, 3.8) is 0 Å². The molecular formula is C7H14N2. The lowest BCUT2D eigenvalue weighted by Crippen LogP contribution is -2.47. The van der Waals surface area contributed by atoms with E-state index < -0.39 is 0 Å². The van der Waals surface area contributed by atoms with Crippen LogP contribution in [0.1, 0.15) is 12.8 Å². The van der Waals surface area contributed by atoms with E-state index in [1.165, 1.54) is 39.0 Å². The molecular weight excluding hydrogens is 112 g/mol. The Kier molecular flexibility index (Phi) is 1.44. The highest BCUT2D eigenvalue weighted by Crippen LogP contribution is 2.20. The van der Waals surface area contributed by atoms with Crippen molar-refractivity contribution in [1.82, 2.24) is 10.2 Å². The largest absolute Gasteiger partial charge is 0.315 e. The van der Waals surface area contributed by atoms with E-state index in [4.69, 9.17) is 0 Å². The summed E-state index contributed by atoms with van der Waals surface area (Å²) in [6.07, 6.45) is 2.82. The zero-order chi connectivity index (χ0) is 6.10. The summed E-state index contributed by atoms with van der Waals surface area (Å²) in [5.74, 6) is 0. The first-order valence-electron chi connectivity index (χ1n) is 3.91. The third-order valence-corrected chi connectivity index (χ3v) is 2.50. The van der Waals surface area contributed by atoms with Crippen LogP contribution in [0.5, 0.6) is 0 Å². The van der Waals surface area contributed by atoms with Crippen molar-refractivity contribution < 1.29 is 0 Å². The topological polar surface area (TPSA) is 15.3 Å². The Balaban J connectivity index is 1.90. The zero-order valence-corrected chi connectivity index (χ0v) is 5.77. The molecule has 0 amide bonds. The maximum absolute atomic E-state index is 3.41. The van der Waals surface area contributed by atoms with E-state index in [2.05, 4.69) is 10.2 Å². The molecule has 2 rings (SSSR count). The minimum Gasteiger partial charge on any atom is -0.315 e. The van der Waals surface area contributed by atoms with Gasteiger partial charge < -0.3 is 5.32 Å². The van der Waals surface area contributed by atoms with Gasteiger partial charge in [-0.15, -0.1) is 0 Å². The maximum atomic E-state index is 3.41. The quantitative estimate of drug-likeness (QED) is 0.493.